The van der Waals surface area contributed by atoms with E-state index in [1.54, 1.807) is 0 Å². The second-order valence-electron chi connectivity index (χ2n) is 10.4. The fourth-order valence-corrected chi connectivity index (χ4v) is 6.97. The molecule has 5 heteroatoms. The van der Waals surface area contributed by atoms with Crippen LogP contribution >= 0.6 is 0 Å². The zero-order valence-corrected chi connectivity index (χ0v) is 20.2. The molecule has 0 atom stereocenters. The van der Waals surface area contributed by atoms with Crippen LogP contribution in [0.4, 0.5) is 0 Å². The van der Waals surface area contributed by atoms with E-state index >= 15 is 0 Å². The topological polar surface area (TPSA) is 27.7 Å². The van der Waals surface area contributed by atoms with E-state index in [2.05, 4.69) is 73.7 Å². The molecule has 0 radical (unpaired) electrons. The molecule has 3 nitrogen and oxygen atoms in total. The van der Waals surface area contributed by atoms with Crippen LogP contribution in [-0.2, 0) is 6.42 Å². The molecule has 0 unspecified atom stereocenters. The first-order valence-corrected chi connectivity index (χ1v) is 12.9. The molecule has 37 heavy (non-hydrogen) atoms. The van der Waals surface area contributed by atoms with Crippen LogP contribution in [0.2, 0.25) is 0 Å². The standard InChI is InChI=1S/C32H20B2O3/c1-18-31-23(33-21-10-3-2-8-19(21)16-20-9-6-13-26(36-31)29(20)33)17-24-32(18)37-28-15-7-14-27-30(28)34(24)22-11-4-5-12-25(22)35-27/h2-15,17H,16H2,1H3. The lowest BCUT2D eigenvalue weighted by Gasteiger charge is -2.37. The van der Waals surface area contributed by atoms with Crippen molar-refractivity contribution in [2.75, 3.05) is 0 Å². The van der Waals surface area contributed by atoms with Gasteiger partial charge in [-0.2, -0.15) is 0 Å². The normalized spacial score (nSPS) is 14.5. The van der Waals surface area contributed by atoms with E-state index in [-0.39, 0.29) is 13.4 Å². The summed E-state index contributed by atoms with van der Waals surface area (Å²) in [4.78, 5) is 0. The van der Waals surface area contributed by atoms with Crippen LogP contribution in [0.15, 0.2) is 91.0 Å². The van der Waals surface area contributed by atoms with Crippen molar-refractivity contribution in [1.82, 2.24) is 0 Å². The molecule has 4 aliphatic heterocycles. The Kier molecular flexibility index (Phi) is 3.68. The second-order valence-corrected chi connectivity index (χ2v) is 10.4. The lowest BCUT2D eigenvalue weighted by Crippen LogP contribution is -2.62. The Hall–Kier alpha value is -4.37. The monoisotopic (exact) mass is 474 g/mol. The van der Waals surface area contributed by atoms with Gasteiger partial charge in [0.05, 0.1) is 0 Å². The Labute approximate surface area is 215 Å². The van der Waals surface area contributed by atoms with Crippen molar-refractivity contribution in [3.8, 4) is 34.5 Å². The molecule has 172 valence electrons. The number of hydrogen-bond acceptors (Lipinski definition) is 3. The minimum absolute atomic E-state index is 0.0411. The summed E-state index contributed by atoms with van der Waals surface area (Å²) < 4.78 is 19.7. The van der Waals surface area contributed by atoms with Gasteiger partial charge in [-0.3, -0.25) is 0 Å². The molecule has 5 aromatic rings. The highest BCUT2D eigenvalue weighted by molar-refractivity contribution is 7.00. The van der Waals surface area contributed by atoms with E-state index in [4.69, 9.17) is 14.2 Å². The number of benzene rings is 5. The van der Waals surface area contributed by atoms with Gasteiger partial charge in [0.1, 0.15) is 34.5 Å². The first kappa shape index (κ1) is 19.8. The molecule has 0 bridgehead atoms. The maximum atomic E-state index is 6.70. The second kappa shape index (κ2) is 6.89. The number of para-hydroxylation sites is 1. The smallest absolute Gasteiger partial charge is 0.260 e. The van der Waals surface area contributed by atoms with Crippen molar-refractivity contribution in [3.63, 3.8) is 0 Å². The first-order chi connectivity index (χ1) is 18.3. The predicted molar refractivity (Wildman–Crippen MR) is 149 cm³/mol. The fraction of sp³-hybridized carbons (Fsp3) is 0.0625. The van der Waals surface area contributed by atoms with Crippen LogP contribution in [0, 0.1) is 6.92 Å². The lowest BCUT2D eigenvalue weighted by molar-refractivity contribution is 0.451. The van der Waals surface area contributed by atoms with Gasteiger partial charge in [0, 0.05) is 11.0 Å². The number of ether oxygens (including phenoxy) is 3. The summed E-state index contributed by atoms with van der Waals surface area (Å²) in [5.41, 5.74) is 11.1. The summed E-state index contributed by atoms with van der Waals surface area (Å²) in [5.74, 6) is 5.41. The van der Waals surface area contributed by atoms with Crippen molar-refractivity contribution in [2.24, 2.45) is 0 Å². The van der Waals surface area contributed by atoms with Gasteiger partial charge >= 0.3 is 0 Å². The SMILES string of the molecule is Cc1c2c(cc3c1Oc1cccc4c1B3c1ccccc1O4)B1c3ccccc3Cc3cccc(c31)O2. The highest BCUT2D eigenvalue weighted by Crippen LogP contribution is 2.40. The Morgan fingerprint density at radius 1 is 0.514 bits per heavy atom. The van der Waals surface area contributed by atoms with Gasteiger partial charge in [0.2, 0.25) is 0 Å². The van der Waals surface area contributed by atoms with Crippen molar-refractivity contribution in [3.05, 3.63) is 108 Å². The molecule has 0 amide bonds. The zero-order chi connectivity index (χ0) is 24.2. The maximum Gasteiger partial charge on any atom is 0.260 e. The third-order valence-corrected chi connectivity index (χ3v) is 8.52. The highest BCUT2D eigenvalue weighted by atomic mass is 16.5. The molecule has 0 aliphatic carbocycles. The average Bonchev–Trinajstić information content (AvgIpc) is 2.94. The quantitative estimate of drug-likeness (QED) is 0.316. The first-order valence-electron chi connectivity index (χ1n) is 12.9. The van der Waals surface area contributed by atoms with Gasteiger partial charge in [-0.05, 0) is 70.6 Å². The minimum Gasteiger partial charge on any atom is -0.458 e. The lowest BCUT2D eigenvalue weighted by atomic mass is 9.30. The van der Waals surface area contributed by atoms with Crippen molar-refractivity contribution >= 4 is 46.2 Å². The largest absolute Gasteiger partial charge is 0.458 e. The van der Waals surface area contributed by atoms with Crippen molar-refractivity contribution < 1.29 is 14.2 Å². The van der Waals surface area contributed by atoms with Gasteiger partial charge in [0.25, 0.3) is 13.4 Å². The van der Waals surface area contributed by atoms with Gasteiger partial charge in [-0.25, -0.2) is 0 Å². The Balaban J connectivity index is 1.35. The van der Waals surface area contributed by atoms with Crippen LogP contribution in [0.5, 0.6) is 34.5 Å². The molecular formula is C32H20B2O3. The zero-order valence-electron chi connectivity index (χ0n) is 20.2. The van der Waals surface area contributed by atoms with Gasteiger partial charge in [-0.15, -0.1) is 0 Å². The molecule has 0 saturated heterocycles. The summed E-state index contributed by atoms with van der Waals surface area (Å²) in [6.45, 7) is 2.32. The van der Waals surface area contributed by atoms with Gasteiger partial charge in [0.15, 0.2) is 0 Å². The summed E-state index contributed by atoms with van der Waals surface area (Å²) in [7, 11) is 0. The minimum atomic E-state index is 0.0411. The average molecular weight is 474 g/mol. The summed E-state index contributed by atoms with van der Waals surface area (Å²) >= 11 is 0. The molecule has 0 N–H and O–H groups in total. The van der Waals surface area contributed by atoms with E-state index < -0.39 is 0 Å². The van der Waals surface area contributed by atoms with E-state index in [9.17, 15) is 0 Å². The van der Waals surface area contributed by atoms with Crippen LogP contribution in [0.1, 0.15) is 16.7 Å². The third kappa shape index (κ3) is 2.49. The van der Waals surface area contributed by atoms with E-state index in [0.29, 0.717) is 0 Å². The van der Waals surface area contributed by atoms with Crippen LogP contribution in [0.3, 0.4) is 0 Å². The highest BCUT2D eigenvalue weighted by Gasteiger charge is 2.45. The van der Waals surface area contributed by atoms with Gasteiger partial charge < -0.3 is 14.2 Å². The van der Waals surface area contributed by atoms with Crippen LogP contribution in [-0.4, -0.2) is 13.4 Å². The Morgan fingerprint density at radius 3 is 1.89 bits per heavy atom. The summed E-state index contributed by atoms with van der Waals surface area (Å²) in [6.07, 6.45) is 0.936. The van der Waals surface area contributed by atoms with Gasteiger partial charge in [-0.1, -0.05) is 72.2 Å². The van der Waals surface area contributed by atoms with E-state index in [1.165, 1.54) is 38.4 Å². The summed E-state index contributed by atoms with van der Waals surface area (Å²) in [5, 5.41) is 0. The number of hydrogen-bond donors (Lipinski definition) is 0. The molecule has 9 rings (SSSR count). The molecule has 4 heterocycles. The molecule has 0 saturated carbocycles. The molecule has 0 fully saturated rings. The maximum absolute atomic E-state index is 6.70. The Bertz CT molecular complexity index is 1700. The van der Waals surface area contributed by atoms with E-state index in [0.717, 1.165) is 51.9 Å². The Morgan fingerprint density at radius 2 is 1.08 bits per heavy atom. The molecular weight excluding hydrogens is 454 g/mol. The van der Waals surface area contributed by atoms with Crippen molar-refractivity contribution in [2.45, 2.75) is 13.3 Å². The van der Waals surface area contributed by atoms with Crippen LogP contribution in [0.25, 0.3) is 0 Å². The molecule has 0 aromatic heterocycles. The van der Waals surface area contributed by atoms with Crippen LogP contribution < -0.4 is 47.0 Å². The van der Waals surface area contributed by atoms with Crippen molar-refractivity contribution in [1.29, 1.82) is 0 Å². The predicted octanol–water partition coefficient (Wildman–Crippen LogP) is 3.25. The molecule has 4 aliphatic rings. The third-order valence-electron chi connectivity index (χ3n) is 8.52. The van der Waals surface area contributed by atoms with E-state index in [1.807, 2.05) is 24.3 Å². The molecule has 5 aromatic carbocycles. The summed E-state index contributed by atoms with van der Waals surface area (Å²) in [6, 6.07) is 32.2. The molecule has 0 spiro atoms. The fourth-order valence-electron chi connectivity index (χ4n) is 6.97. The number of fused-ring (bicyclic) bond motifs is 8. The number of rotatable bonds is 0.